The van der Waals surface area contributed by atoms with E-state index in [-0.39, 0.29) is 0 Å². The molecule has 0 radical (unpaired) electrons. The lowest BCUT2D eigenvalue weighted by atomic mass is 9.87. The number of hydrogen-bond donors (Lipinski definition) is 1. The average Bonchev–Trinajstić information content (AvgIpc) is 2.94. The van der Waals surface area contributed by atoms with Gasteiger partial charge in [0.2, 0.25) is 0 Å². The molecule has 0 spiro atoms. The van der Waals surface area contributed by atoms with Crippen molar-refractivity contribution in [2.75, 3.05) is 6.54 Å². The Bertz CT molecular complexity index is 161. The van der Waals surface area contributed by atoms with Crippen LogP contribution in [0.2, 0.25) is 0 Å². The molecule has 1 rings (SSSR count). The van der Waals surface area contributed by atoms with Crippen molar-refractivity contribution in [3.63, 3.8) is 0 Å². The minimum atomic E-state index is 0.554. The second-order valence-corrected chi connectivity index (χ2v) is 5.40. The molecule has 0 bridgehead atoms. The molecule has 0 amide bonds. The van der Waals surface area contributed by atoms with Crippen LogP contribution >= 0.6 is 0 Å². The van der Waals surface area contributed by atoms with Gasteiger partial charge in [-0.2, -0.15) is 0 Å². The van der Waals surface area contributed by atoms with Gasteiger partial charge >= 0.3 is 0 Å². The first-order valence-electron chi connectivity index (χ1n) is 6.37. The Kier molecular flexibility index (Phi) is 4.43. The monoisotopic (exact) mass is 197 g/mol. The Morgan fingerprint density at radius 3 is 2.14 bits per heavy atom. The van der Waals surface area contributed by atoms with Gasteiger partial charge in [0, 0.05) is 12.1 Å². The predicted octanol–water partition coefficient (Wildman–Crippen LogP) is 3.59. The van der Waals surface area contributed by atoms with Crippen molar-refractivity contribution < 1.29 is 0 Å². The molecule has 1 N–H and O–H groups in total. The van der Waals surface area contributed by atoms with Gasteiger partial charge in [-0.05, 0) is 31.1 Å². The highest BCUT2D eigenvalue weighted by Crippen LogP contribution is 2.33. The fourth-order valence-corrected chi connectivity index (χ4v) is 2.09. The molecule has 1 saturated heterocycles. The predicted molar refractivity (Wildman–Crippen MR) is 63.5 cm³/mol. The maximum atomic E-state index is 3.59. The summed E-state index contributed by atoms with van der Waals surface area (Å²) in [7, 11) is 0. The zero-order chi connectivity index (χ0) is 10.6. The van der Waals surface area contributed by atoms with Gasteiger partial charge in [0.05, 0.1) is 0 Å². The first-order valence-corrected chi connectivity index (χ1v) is 6.37. The lowest BCUT2D eigenvalue weighted by molar-refractivity contribution is 0.372. The van der Waals surface area contributed by atoms with Gasteiger partial charge in [-0.3, -0.25) is 0 Å². The van der Waals surface area contributed by atoms with E-state index in [0.29, 0.717) is 5.54 Å². The molecule has 1 heteroatoms. The van der Waals surface area contributed by atoms with Gasteiger partial charge in [0.15, 0.2) is 0 Å². The van der Waals surface area contributed by atoms with Crippen molar-refractivity contribution in [2.45, 2.75) is 65.3 Å². The number of hydrogen-bond acceptors (Lipinski definition) is 1. The highest BCUT2D eigenvalue weighted by atomic mass is 15.2. The molecule has 0 aromatic rings. The molecule has 0 saturated carbocycles. The normalized spacial score (nSPS) is 30.0. The van der Waals surface area contributed by atoms with Crippen LogP contribution in [-0.2, 0) is 0 Å². The van der Waals surface area contributed by atoms with Crippen LogP contribution < -0.4 is 5.32 Å². The summed E-state index contributed by atoms with van der Waals surface area (Å²) in [5.74, 6) is 1.80. The summed E-state index contributed by atoms with van der Waals surface area (Å²) in [6, 6.07) is 0. The van der Waals surface area contributed by atoms with Crippen molar-refractivity contribution in [3.05, 3.63) is 0 Å². The van der Waals surface area contributed by atoms with Crippen molar-refractivity contribution in [1.29, 1.82) is 0 Å². The van der Waals surface area contributed by atoms with Crippen molar-refractivity contribution in [3.8, 4) is 0 Å². The SMILES string of the molecule is CCC(C)CC[C@@]1(CC(C)CC)CN1. The summed E-state index contributed by atoms with van der Waals surface area (Å²) in [5, 5.41) is 3.59. The van der Waals surface area contributed by atoms with E-state index in [1.807, 2.05) is 0 Å². The van der Waals surface area contributed by atoms with Crippen molar-refractivity contribution >= 4 is 0 Å². The van der Waals surface area contributed by atoms with Crippen LogP contribution in [0, 0.1) is 11.8 Å². The largest absolute Gasteiger partial charge is 0.308 e. The second kappa shape index (κ2) is 5.16. The van der Waals surface area contributed by atoms with Crippen LogP contribution in [0.25, 0.3) is 0 Å². The second-order valence-electron chi connectivity index (χ2n) is 5.40. The first kappa shape index (κ1) is 12.0. The van der Waals surface area contributed by atoms with E-state index in [1.54, 1.807) is 0 Å². The third-order valence-electron chi connectivity index (χ3n) is 3.93. The molecular formula is C13H27N. The Balaban J connectivity index is 2.22. The average molecular weight is 197 g/mol. The summed E-state index contributed by atoms with van der Waals surface area (Å²) >= 11 is 0. The summed E-state index contributed by atoms with van der Waals surface area (Å²) in [4.78, 5) is 0. The van der Waals surface area contributed by atoms with Crippen molar-refractivity contribution in [2.24, 2.45) is 11.8 Å². The van der Waals surface area contributed by atoms with Gasteiger partial charge in [-0.15, -0.1) is 0 Å². The van der Waals surface area contributed by atoms with E-state index in [0.717, 1.165) is 11.8 Å². The van der Waals surface area contributed by atoms with E-state index in [4.69, 9.17) is 0 Å². The van der Waals surface area contributed by atoms with Gasteiger partial charge in [0.1, 0.15) is 0 Å². The maximum absolute atomic E-state index is 3.59. The molecule has 0 aromatic heterocycles. The van der Waals surface area contributed by atoms with Crippen LogP contribution in [0.4, 0.5) is 0 Å². The van der Waals surface area contributed by atoms with Gasteiger partial charge < -0.3 is 5.32 Å². The van der Waals surface area contributed by atoms with Gasteiger partial charge in [0.25, 0.3) is 0 Å². The highest BCUT2D eigenvalue weighted by molar-refractivity contribution is 5.04. The standard InChI is InChI=1S/C13H27N/c1-5-11(3)7-8-13(10-14-13)9-12(4)6-2/h11-12,14H,5-10H2,1-4H3/t11?,12?,13-/m1/s1. The van der Waals surface area contributed by atoms with E-state index in [9.17, 15) is 0 Å². The van der Waals surface area contributed by atoms with Crippen LogP contribution in [0.3, 0.4) is 0 Å². The maximum Gasteiger partial charge on any atom is 0.0309 e. The number of nitrogens with one attached hydrogen (secondary N) is 1. The smallest absolute Gasteiger partial charge is 0.0309 e. The van der Waals surface area contributed by atoms with Crippen molar-refractivity contribution in [1.82, 2.24) is 5.32 Å². The lowest BCUT2D eigenvalue weighted by Gasteiger charge is -2.19. The molecule has 1 fully saturated rings. The molecule has 0 aliphatic carbocycles. The minimum absolute atomic E-state index is 0.554. The zero-order valence-electron chi connectivity index (χ0n) is 10.4. The highest BCUT2D eigenvalue weighted by Gasteiger charge is 2.41. The zero-order valence-corrected chi connectivity index (χ0v) is 10.4. The van der Waals surface area contributed by atoms with Gasteiger partial charge in [-0.1, -0.05) is 40.5 Å². The molecule has 1 nitrogen and oxygen atoms in total. The molecule has 0 aromatic carbocycles. The minimum Gasteiger partial charge on any atom is -0.308 e. The van der Waals surface area contributed by atoms with Crippen LogP contribution in [0.15, 0.2) is 0 Å². The summed E-state index contributed by atoms with van der Waals surface area (Å²) < 4.78 is 0. The van der Waals surface area contributed by atoms with E-state index >= 15 is 0 Å². The topological polar surface area (TPSA) is 21.9 Å². The molecule has 14 heavy (non-hydrogen) atoms. The molecule has 1 heterocycles. The van der Waals surface area contributed by atoms with E-state index in [1.165, 1.54) is 38.6 Å². The number of rotatable bonds is 7. The fourth-order valence-electron chi connectivity index (χ4n) is 2.09. The van der Waals surface area contributed by atoms with Crippen LogP contribution in [-0.4, -0.2) is 12.1 Å². The van der Waals surface area contributed by atoms with Gasteiger partial charge in [-0.25, -0.2) is 0 Å². The summed E-state index contributed by atoms with van der Waals surface area (Å²) in [5.41, 5.74) is 0.554. The first-order chi connectivity index (χ1) is 6.62. The van der Waals surface area contributed by atoms with Crippen LogP contribution in [0.5, 0.6) is 0 Å². The molecule has 3 atom stereocenters. The van der Waals surface area contributed by atoms with Crippen LogP contribution in [0.1, 0.15) is 59.8 Å². The Hall–Kier alpha value is -0.0400. The Labute approximate surface area is 89.7 Å². The third kappa shape index (κ3) is 3.61. The van der Waals surface area contributed by atoms with E-state index in [2.05, 4.69) is 33.0 Å². The summed E-state index contributed by atoms with van der Waals surface area (Å²) in [6.45, 7) is 10.6. The molecule has 2 unspecified atom stereocenters. The summed E-state index contributed by atoms with van der Waals surface area (Å²) in [6.07, 6.45) is 6.85. The lowest BCUT2D eigenvalue weighted by Crippen LogP contribution is -2.20. The molecule has 84 valence electrons. The molecular weight excluding hydrogens is 170 g/mol. The molecule has 1 aliphatic heterocycles. The van der Waals surface area contributed by atoms with E-state index < -0.39 is 0 Å². The quantitative estimate of drug-likeness (QED) is 0.619. The fraction of sp³-hybridized carbons (Fsp3) is 1.00. The third-order valence-corrected chi connectivity index (χ3v) is 3.93. The Morgan fingerprint density at radius 1 is 1.14 bits per heavy atom. The Morgan fingerprint density at radius 2 is 1.71 bits per heavy atom. The molecule has 1 aliphatic rings.